The van der Waals surface area contributed by atoms with E-state index in [1.807, 2.05) is 0 Å². The van der Waals surface area contributed by atoms with Gasteiger partial charge in [0.2, 0.25) is 10.0 Å². The quantitative estimate of drug-likeness (QED) is 0.888. The van der Waals surface area contributed by atoms with Crippen LogP contribution in [-0.2, 0) is 10.0 Å². The van der Waals surface area contributed by atoms with Crippen molar-refractivity contribution >= 4 is 10.0 Å². The van der Waals surface area contributed by atoms with Gasteiger partial charge < -0.3 is 4.98 Å². The van der Waals surface area contributed by atoms with Gasteiger partial charge in [-0.25, -0.2) is 17.8 Å². The van der Waals surface area contributed by atoms with Gasteiger partial charge in [0.1, 0.15) is 17.7 Å². The van der Waals surface area contributed by atoms with Crippen LogP contribution in [0, 0.1) is 5.82 Å². The summed E-state index contributed by atoms with van der Waals surface area (Å²) in [5, 5.41) is 0. The number of imidazole rings is 1. The summed E-state index contributed by atoms with van der Waals surface area (Å²) in [6.45, 7) is 1.72. The van der Waals surface area contributed by atoms with Gasteiger partial charge in [0.05, 0.1) is 4.75 Å². The van der Waals surface area contributed by atoms with Gasteiger partial charge >= 0.3 is 0 Å². The first-order valence-electron chi connectivity index (χ1n) is 6.68. The highest BCUT2D eigenvalue weighted by Crippen LogP contribution is 2.43. The van der Waals surface area contributed by atoms with Crippen molar-refractivity contribution in [2.75, 3.05) is 0 Å². The number of nitrogens with zero attached hydrogens (tertiary/aromatic N) is 1. The number of hydrogen-bond acceptors (Lipinski definition) is 3. The molecule has 1 aromatic heterocycles. The number of aromatic nitrogens is 2. The Balaban J connectivity index is 1.96. The molecular weight excluding hydrogens is 293 g/mol. The molecule has 0 bridgehead atoms. The van der Waals surface area contributed by atoms with Crippen molar-refractivity contribution in [1.82, 2.24) is 14.7 Å². The Morgan fingerprint density at radius 1 is 1.33 bits per heavy atom. The molecule has 0 spiro atoms. The van der Waals surface area contributed by atoms with Gasteiger partial charge in [-0.3, -0.25) is 0 Å². The van der Waals surface area contributed by atoms with E-state index < -0.39 is 20.8 Å². The molecule has 2 N–H and O–H groups in total. The molecule has 3 rings (SSSR count). The molecule has 1 unspecified atom stereocenters. The topological polar surface area (TPSA) is 74.8 Å². The number of hydrogen-bond donors (Lipinski definition) is 2. The predicted octanol–water partition coefficient (Wildman–Crippen LogP) is 2.11. The monoisotopic (exact) mass is 309 g/mol. The average molecular weight is 309 g/mol. The van der Waals surface area contributed by atoms with Gasteiger partial charge in [-0.2, -0.15) is 4.72 Å². The molecule has 112 valence electrons. The lowest BCUT2D eigenvalue weighted by Gasteiger charge is -2.20. The lowest BCUT2D eigenvalue weighted by atomic mass is 10.1. The van der Waals surface area contributed by atoms with Crippen molar-refractivity contribution in [2.45, 2.75) is 30.6 Å². The van der Waals surface area contributed by atoms with Gasteiger partial charge in [-0.05, 0) is 37.5 Å². The standard InChI is InChI=1S/C14H16FN3O2S/c1-14(6-7-14)21(19,20)18-12(13-16-8-9-17-13)10-2-4-11(15)5-3-10/h2-5,8-9,12,18H,6-7H2,1H3,(H,16,17). The molecule has 7 heteroatoms. The van der Waals surface area contributed by atoms with Crippen molar-refractivity contribution in [3.63, 3.8) is 0 Å². The molecule has 1 aromatic carbocycles. The second-order valence-electron chi connectivity index (χ2n) is 5.53. The van der Waals surface area contributed by atoms with E-state index in [4.69, 9.17) is 0 Å². The fourth-order valence-corrected chi connectivity index (χ4v) is 3.60. The van der Waals surface area contributed by atoms with Crippen LogP contribution < -0.4 is 4.72 Å². The Bertz CT molecular complexity index is 722. The zero-order chi connectivity index (χ0) is 15.1. The molecule has 21 heavy (non-hydrogen) atoms. The van der Waals surface area contributed by atoms with Crippen LogP contribution in [0.25, 0.3) is 0 Å². The molecule has 0 aliphatic heterocycles. The highest BCUT2D eigenvalue weighted by atomic mass is 32.2. The SMILES string of the molecule is CC1(S(=O)(=O)NC(c2ccc(F)cc2)c2ncc[nH]2)CC1. The fourth-order valence-electron chi connectivity index (χ4n) is 2.11. The molecule has 5 nitrogen and oxygen atoms in total. The molecule has 1 aliphatic rings. The smallest absolute Gasteiger partial charge is 0.218 e. The van der Waals surface area contributed by atoms with E-state index in [9.17, 15) is 12.8 Å². The van der Waals surface area contributed by atoms with E-state index in [2.05, 4.69) is 14.7 Å². The van der Waals surface area contributed by atoms with Crippen molar-refractivity contribution in [3.8, 4) is 0 Å². The Hall–Kier alpha value is -1.73. The maximum atomic E-state index is 13.1. The minimum atomic E-state index is -3.47. The third kappa shape index (κ3) is 2.71. The number of sulfonamides is 1. The van der Waals surface area contributed by atoms with Crippen LogP contribution in [0.3, 0.4) is 0 Å². The first kappa shape index (κ1) is 14.2. The average Bonchev–Trinajstić information content (AvgIpc) is 3.01. The van der Waals surface area contributed by atoms with Gasteiger partial charge in [-0.15, -0.1) is 0 Å². The lowest BCUT2D eigenvalue weighted by Crippen LogP contribution is -2.37. The molecule has 1 heterocycles. The Morgan fingerprint density at radius 3 is 2.52 bits per heavy atom. The fraction of sp³-hybridized carbons (Fsp3) is 0.357. The van der Waals surface area contributed by atoms with Crippen LogP contribution in [0.1, 0.15) is 37.2 Å². The maximum Gasteiger partial charge on any atom is 0.218 e. The third-order valence-electron chi connectivity index (χ3n) is 3.87. The second kappa shape index (κ2) is 4.92. The molecule has 0 amide bonds. The van der Waals surface area contributed by atoms with Gasteiger partial charge in [-0.1, -0.05) is 12.1 Å². The minimum absolute atomic E-state index is 0.367. The van der Waals surface area contributed by atoms with E-state index in [-0.39, 0.29) is 5.82 Å². The second-order valence-corrected chi connectivity index (χ2v) is 7.76. The Morgan fingerprint density at radius 2 is 2.00 bits per heavy atom. The van der Waals surface area contributed by atoms with Gasteiger partial charge in [0, 0.05) is 12.4 Å². The predicted molar refractivity (Wildman–Crippen MR) is 76.5 cm³/mol. The van der Waals surface area contributed by atoms with Crippen LogP contribution in [0.5, 0.6) is 0 Å². The number of rotatable bonds is 5. The van der Waals surface area contributed by atoms with Crippen LogP contribution >= 0.6 is 0 Å². The summed E-state index contributed by atoms with van der Waals surface area (Å²) in [6, 6.07) is 5.07. The normalized spacial score (nSPS) is 18.4. The molecule has 1 atom stereocenters. The number of aromatic amines is 1. The minimum Gasteiger partial charge on any atom is -0.347 e. The summed E-state index contributed by atoms with van der Waals surface area (Å²) in [7, 11) is -3.47. The Labute approximate surface area is 122 Å². The van der Waals surface area contributed by atoms with Crippen molar-refractivity contribution < 1.29 is 12.8 Å². The lowest BCUT2D eigenvalue weighted by molar-refractivity contribution is 0.553. The largest absolute Gasteiger partial charge is 0.347 e. The summed E-state index contributed by atoms with van der Waals surface area (Å²) in [5.41, 5.74) is 0.638. The van der Waals surface area contributed by atoms with E-state index >= 15 is 0 Å². The Kier molecular flexibility index (Phi) is 3.33. The summed E-state index contributed by atoms with van der Waals surface area (Å²) >= 11 is 0. The van der Waals surface area contributed by atoms with E-state index in [0.29, 0.717) is 24.2 Å². The maximum absolute atomic E-state index is 13.1. The van der Waals surface area contributed by atoms with Crippen molar-refractivity contribution in [3.05, 3.63) is 53.9 Å². The molecule has 1 saturated carbocycles. The van der Waals surface area contributed by atoms with Crippen LogP contribution in [0.2, 0.25) is 0 Å². The summed E-state index contributed by atoms with van der Waals surface area (Å²) in [5.74, 6) is 0.114. The molecule has 1 fully saturated rings. The van der Waals surface area contributed by atoms with Gasteiger partial charge in [0.15, 0.2) is 0 Å². The zero-order valence-electron chi connectivity index (χ0n) is 11.5. The summed E-state index contributed by atoms with van der Waals surface area (Å²) in [4.78, 5) is 7.04. The zero-order valence-corrected chi connectivity index (χ0v) is 12.3. The van der Waals surface area contributed by atoms with Crippen LogP contribution in [0.4, 0.5) is 4.39 Å². The number of halogens is 1. The number of benzene rings is 1. The van der Waals surface area contributed by atoms with Gasteiger partial charge in [0.25, 0.3) is 0 Å². The van der Waals surface area contributed by atoms with Crippen molar-refractivity contribution in [1.29, 1.82) is 0 Å². The van der Waals surface area contributed by atoms with Crippen LogP contribution in [-0.4, -0.2) is 23.1 Å². The molecular formula is C14H16FN3O2S. The highest BCUT2D eigenvalue weighted by Gasteiger charge is 2.50. The third-order valence-corrected chi connectivity index (χ3v) is 6.12. The number of nitrogens with one attached hydrogen (secondary N) is 2. The summed E-state index contributed by atoms with van der Waals surface area (Å²) < 4.78 is 39.9. The van der Waals surface area contributed by atoms with Crippen molar-refractivity contribution in [2.24, 2.45) is 0 Å². The van der Waals surface area contributed by atoms with E-state index in [1.54, 1.807) is 31.5 Å². The molecule has 1 aliphatic carbocycles. The first-order chi connectivity index (χ1) is 9.91. The highest BCUT2D eigenvalue weighted by molar-refractivity contribution is 7.91. The van der Waals surface area contributed by atoms with Crippen LogP contribution in [0.15, 0.2) is 36.7 Å². The molecule has 0 radical (unpaired) electrons. The molecule has 0 saturated heterocycles. The van der Waals surface area contributed by atoms with E-state index in [1.165, 1.54) is 12.1 Å². The summed E-state index contributed by atoms with van der Waals surface area (Å²) in [6.07, 6.45) is 4.48. The number of H-pyrrole nitrogens is 1. The molecule has 2 aromatic rings. The van der Waals surface area contributed by atoms with E-state index in [0.717, 1.165) is 0 Å². The first-order valence-corrected chi connectivity index (χ1v) is 8.16.